The van der Waals surface area contributed by atoms with E-state index < -0.39 is 0 Å². The Labute approximate surface area is 118 Å². The summed E-state index contributed by atoms with van der Waals surface area (Å²) in [6.45, 7) is 4.40. The van der Waals surface area contributed by atoms with E-state index in [2.05, 4.69) is 39.3 Å². The minimum Gasteiger partial charge on any atom is -0.294 e. The van der Waals surface area contributed by atoms with Gasteiger partial charge in [0.25, 0.3) is 0 Å². The summed E-state index contributed by atoms with van der Waals surface area (Å²) < 4.78 is 0. The van der Waals surface area contributed by atoms with Gasteiger partial charge in [0.05, 0.1) is 16.7 Å². The molecule has 1 aliphatic rings. The number of aryl methyl sites for hydroxylation is 1. The van der Waals surface area contributed by atoms with Crippen molar-refractivity contribution in [2.75, 3.05) is 13.1 Å². The van der Waals surface area contributed by atoms with Crippen LogP contribution in [0, 0.1) is 6.92 Å². The summed E-state index contributed by atoms with van der Waals surface area (Å²) in [7, 11) is 0. The predicted octanol–water partition coefficient (Wildman–Crippen LogP) is 3.23. The Morgan fingerprint density at radius 1 is 1.37 bits per heavy atom. The fraction of sp³-hybridized carbons (Fsp3) is 0.467. The Kier molecular flexibility index (Phi) is 3.89. The van der Waals surface area contributed by atoms with E-state index in [0.717, 1.165) is 13.0 Å². The third-order valence-electron chi connectivity index (χ3n) is 3.78. The van der Waals surface area contributed by atoms with Gasteiger partial charge in [0, 0.05) is 24.3 Å². The molecule has 100 valence electrons. The van der Waals surface area contributed by atoms with E-state index in [1.807, 2.05) is 12.4 Å². The molecule has 3 rings (SSSR count). The minimum atomic E-state index is 0.534. The quantitative estimate of drug-likeness (QED) is 0.856. The van der Waals surface area contributed by atoms with Crippen LogP contribution in [0.4, 0.5) is 0 Å². The van der Waals surface area contributed by atoms with Gasteiger partial charge in [-0.25, -0.2) is 4.98 Å². The molecule has 3 heterocycles. The Balaban J connectivity index is 1.64. The molecule has 0 aliphatic carbocycles. The van der Waals surface area contributed by atoms with Gasteiger partial charge in [0.15, 0.2) is 0 Å². The van der Waals surface area contributed by atoms with Crippen LogP contribution in [0.2, 0.25) is 0 Å². The molecule has 3 nitrogen and oxygen atoms in total. The first-order valence-corrected chi connectivity index (χ1v) is 7.76. The Hall–Kier alpha value is -1.26. The largest absolute Gasteiger partial charge is 0.294 e. The van der Waals surface area contributed by atoms with Gasteiger partial charge in [-0.05, 0) is 50.4 Å². The first kappa shape index (κ1) is 12.8. The highest BCUT2D eigenvalue weighted by atomic mass is 32.1. The number of pyridine rings is 1. The average molecular weight is 273 g/mol. The van der Waals surface area contributed by atoms with E-state index in [9.17, 15) is 0 Å². The zero-order valence-corrected chi connectivity index (χ0v) is 12.1. The highest BCUT2D eigenvalue weighted by molar-refractivity contribution is 7.09. The molecule has 0 radical (unpaired) electrons. The zero-order chi connectivity index (χ0) is 13.1. The molecule has 1 atom stereocenters. The van der Waals surface area contributed by atoms with E-state index in [-0.39, 0.29) is 0 Å². The SMILES string of the molecule is Cc1nc([C@H]2CCCN2CCc2ccncc2)cs1. The van der Waals surface area contributed by atoms with E-state index in [1.54, 1.807) is 11.3 Å². The van der Waals surface area contributed by atoms with Crippen LogP contribution < -0.4 is 0 Å². The lowest BCUT2D eigenvalue weighted by atomic mass is 10.1. The number of likely N-dealkylation sites (tertiary alicyclic amines) is 1. The molecule has 0 bridgehead atoms. The second-order valence-corrected chi connectivity index (χ2v) is 6.15. The van der Waals surface area contributed by atoms with Crippen molar-refractivity contribution in [3.05, 3.63) is 46.2 Å². The Morgan fingerprint density at radius 3 is 2.95 bits per heavy atom. The Morgan fingerprint density at radius 2 is 2.21 bits per heavy atom. The maximum atomic E-state index is 4.66. The van der Waals surface area contributed by atoms with Gasteiger partial charge in [-0.2, -0.15) is 0 Å². The monoisotopic (exact) mass is 273 g/mol. The van der Waals surface area contributed by atoms with Crippen molar-refractivity contribution >= 4 is 11.3 Å². The van der Waals surface area contributed by atoms with Gasteiger partial charge in [0.2, 0.25) is 0 Å². The van der Waals surface area contributed by atoms with Gasteiger partial charge in [0.1, 0.15) is 0 Å². The fourth-order valence-electron chi connectivity index (χ4n) is 2.78. The van der Waals surface area contributed by atoms with Crippen molar-refractivity contribution in [2.45, 2.75) is 32.2 Å². The predicted molar refractivity (Wildman–Crippen MR) is 78.3 cm³/mol. The van der Waals surface area contributed by atoms with Crippen molar-refractivity contribution in [2.24, 2.45) is 0 Å². The number of nitrogens with zero attached hydrogens (tertiary/aromatic N) is 3. The summed E-state index contributed by atoms with van der Waals surface area (Å²) in [5.41, 5.74) is 2.64. The first-order valence-electron chi connectivity index (χ1n) is 6.88. The topological polar surface area (TPSA) is 29.0 Å². The van der Waals surface area contributed by atoms with Crippen molar-refractivity contribution in [1.29, 1.82) is 0 Å². The summed E-state index contributed by atoms with van der Waals surface area (Å²) in [5.74, 6) is 0. The summed E-state index contributed by atoms with van der Waals surface area (Å²) in [4.78, 5) is 11.3. The maximum absolute atomic E-state index is 4.66. The molecule has 2 aromatic heterocycles. The van der Waals surface area contributed by atoms with Crippen LogP contribution in [0.5, 0.6) is 0 Å². The standard InChI is InChI=1S/C15H19N3S/c1-12-17-14(11-19-12)15-3-2-9-18(15)10-6-13-4-7-16-8-5-13/h4-5,7-8,11,15H,2-3,6,9-10H2,1H3/t15-/m1/s1. The van der Waals surface area contributed by atoms with Crippen LogP contribution >= 0.6 is 11.3 Å². The van der Waals surface area contributed by atoms with Gasteiger partial charge in [-0.1, -0.05) is 0 Å². The molecule has 0 aromatic carbocycles. The highest BCUT2D eigenvalue weighted by Gasteiger charge is 2.27. The third kappa shape index (κ3) is 3.01. The van der Waals surface area contributed by atoms with Gasteiger partial charge in [-0.15, -0.1) is 11.3 Å². The summed E-state index contributed by atoms with van der Waals surface area (Å²) in [6, 6.07) is 4.75. The first-order chi connectivity index (χ1) is 9.33. The Bertz CT molecular complexity index is 523. The smallest absolute Gasteiger partial charge is 0.0898 e. The summed E-state index contributed by atoms with van der Waals surface area (Å²) in [5, 5.41) is 3.40. The normalized spacial score (nSPS) is 19.9. The lowest BCUT2D eigenvalue weighted by molar-refractivity contribution is 0.257. The lowest BCUT2D eigenvalue weighted by Gasteiger charge is -2.23. The molecule has 1 fully saturated rings. The summed E-state index contributed by atoms with van der Waals surface area (Å²) in [6.07, 6.45) is 7.39. The third-order valence-corrected chi connectivity index (χ3v) is 4.57. The molecule has 0 N–H and O–H groups in total. The molecule has 2 aromatic rings. The second kappa shape index (κ2) is 5.80. The second-order valence-electron chi connectivity index (χ2n) is 5.09. The van der Waals surface area contributed by atoms with Crippen LogP contribution in [0.1, 0.15) is 35.1 Å². The number of rotatable bonds is 4. The van der Waals surface area contributed by atoms with E-state index >= 15 is 0 Å². The van der Waals surface area contributed by atoms with Gasteiger partial charge >= 0.3 is 0 Å². The number of thiazole rings is 1. The summed E-state index contributed by atoms with van der Waals surface area (Å²) >= 11 is 1.76. The number of hydrogen-bond acceptors (Lipinski definition) is 4. The van der Waals surface area contributed by atoms with Crippen LogP contribution in [0.3, 0.4) is 0 Å². The van der Waals surface area contributed by atoms with Crippen LogP contribution in [-0.4, -0.2) is 28.0 Å². The fourth-order valence-corrected chi connectivity index (χ4v) is 3.44. The molecule has 1 saturated heterocycles. The van der Waals surface area contributed by atoms with Crippen molar-refractivity contribution in [3.8, 4) is 0 Å². The molecular formula is C15H19N3S. The molecule has 0 spiro atoms. The van der Waals surface area contributed by atoms with Crippen molar-refractivity contribution in [3.63, 3.8) is 0 Å². The number of aromatic nitrogens is 2. The van der Waals surface area contributed by atoms with Crippen LogP contribution in [0.15, 0.2) is 29.9 Å². The molecule has 0 amide bonds. The van der Waals surface area contributed by atoms with Crippen LogP contribution in [-0.2, 0) is 6.42 Å². The molecular weight excluding hydrogens is 254 g/mol. The van der Waals surface area contributed by atoms with E-state index in [0.29, 0.717) is 6.04 Å². The molecule has 0 unspecified atom stereocenters. The highest BCUT2D eigenvalue weighted by Crippen LogP contribution is 2.32. The van der Waals surface area contributed by atoms with E-state index in [1.165, 1.54) is 35.7 Å². The van der Waals surface area contributed by atoms with Crippen LogP contribution in [0.25, 0.3) is 0 Å². The van der Waals surface area contributed by atoms with E-state index in [4.69, 9.17) is 0 Å². The zero-order valence-electron chi connectivity index (χ0n) is 11.2. The van der Waals surface area contributed by atoms with Crippen molar-refractivity contribution < 1.29 is 0 Å². The number of hydrogen-bond donors (Lipinski definition) is 0. The minimum absolute atomic E-state index is 0.534. The average Bonchev–Trinajstić information content (AvgIpc) is 3.06. The van der Waals surface area contributed by atoms with Crippen molar-refractivity contribution in [1.82, 2.24) is 14.9 Å². The molecule has 4 heteroatoms. The van der Waals surface area contributed by atoms with Gasteiger partial charge < -0.3 is 0 Å². The molecule has 0 saturated carbocycles. The molecule has 19 heavy (non-hydrogen) atoms. The molecule has 1 aliphatic heterocycles. The maximum Gasteiger partial charge on any atom is 0.0898 e. The van der Waals surface area contributed by atoms with Gasteiger partial charge in [-0.3, -0.25) is 9.88 Å². The lowest BCUT2D eigenvalue weighted by Crippen LogP contribution is -2.26.